The molecule has 0 unspecified atom stereocenters. The molecule has 0 aliphatic carbocycles. The van der Waals surface area contributed by atoms with E-state index in [9.17, 15) is 9.59 Å². The van der Waals surface area contributed by atoms with Gasteiger partial charge in [0.05, 0.1) is 21.8 Å². The van der Waals surface area contributed by atoms with Crippen molar-refractivity contribution in [2.24, 2.45) is 0 Å². The van der Waals surface area contributed by atoms with Crippen molar-refractivity contribution >= 4 is 40.2 Å². The summed E-state index contributed by atoms with van der Waals surface area (Å²) in [5.74, 6) is -0.0987. The maximum Gasteiger partial charge on any atom is 0.266 e. The fraction of sp³-hybridized carbons (Fsp3) is 0.250. The first kappa shape index (κ1) is 19.5. The molecule has 140 valence electrons. The second-order valence-corrected chi connectivity index (χ2v) is 7.93. The molecule has 0 radical (unpaired) electrons. The standard InChI is InChI=1S/C20H20ClN3O2S/c1-4-22-18(25)13(3)27-20-23-17-11-14(21)7-10-16(17)19(26)24(20)15-8-5-12(2)6-9-15/h5-11,13H,4H2,1-3H3,(H,22,25)/t13-/m1/s1. The first-order valence-corrected chi connectivity index (χ1v) is 9.90. The van der Waals surface area contributed by atoms with E-state index in [2.05, 4.69) is 10.3 Å². The van der Waals surface area contributed by atoms with Crippen molar-refractivity contribution in [2.45, 2.75) is 31.2 Å². The summed E-state index contributed by atoms with van der Waals surface area (Å²) in [6.07, 6.45) is 0. The van der Waals surface area contributed by atoms with Gasteiger partial charge in [-0.05, 0) is 51.1 Å². The summed E-state index contributed by atoms with van der Waals surface area (Å²) >= 11 is 7.32. The van der Waals surface area contributed by atoms with Crippen molar-refractivity contribution < 1.29 is 4.79 Å². The number of halogens is 1. The monoisotopic (exact) mass is 401 g/mol. The smallest absolute Gasteiger partial charge is 0.266 e. The molecule has 2 aromatic carbocycles. The Morgan fingerprint density at radius 3 is 2.63 bits per heavy atom. The molecule has 3 aromatic rings. The van der Waals surface area contributed by atoms with Crippen LogP contribution in [-0.2, 0) is 4.79 Å². The number of aromatic nitrogens is 2. The highest BCUT2D eigenvalue weighted by Crippen LogP contribution is 2.26. The third-order valence-electron chi connectivity index (χ3n) is 4.10. The maximum atomic E-state index is 13.2. The van der Waals surface area contributed by atoms with Crippen LogP contribution >= 0.6 is 23.4 Å². The van der Waals surface area contributed by atoms with E-state index in [1.807, 2.05) is 38.1 Å². The zero-order chi connectivity index (χ0) is 19.6. The molecule has 1 heterocycles. The number of nitrogens with zero attached hydrogens (tertiary/aromatic N) is 2. The second-order valence-electron chi connectivity index (χ2n) is 6.19. The lowest BCUT2D eigenvalue weighted by molar-refractivity contribution is -0.120. The minimum Gasteiger partial charge on any atom is -0.355 e. The van der Waals surface area contributed by atoms with Crippen LogP contribution in [0.25, 0.3) is 16.6 Å². The third-order valence-corrected chi connectivity index (χ3v) is 5.38. The first-order valence-electron chi connectivity index (χ1n) is 8.64. The van der Waals surface area contributed by atoms with Gasteiger partial charge in [-0.3, -0.25) is 14.2 Å². The molecule has 0 bridgehead atoms. The van der Waals surface area contributed by atoms with Crippen molar-refractivity contribution in [3.63, 3.8) is 0 Å². The lowest BCUT2D eigenvalue weighted by atomic mass is 10.2. The number of hydrogen-bond acceptors (Lipinski definition) is 4. The Morgan fingerprint density at radius 1 is 1.26 bits per heavy atom. The zero-order valence-electron chi connectivity index (χ0n) is 15.3. The Kier molecular flexibility index (Phi) is 5.87. The number of carbonyl (C=O) groups is 1. The van der Waals surface area contributed by atoms with Crippen LogP contribution in [0.3, 0.4) is 0 Å². The molecule has 5 nitrogen and oxygen atoms in total. The average molecular weight is 402 g/mol. The maximum absolute atomic E-state index is 13.2. The lowest BCUT2D eigenvalue weighted by Gasteiger charge is -2.16. The summed E-state index contributed by atoms with van der Waals surface area (Å²) in [5.41, 5.74) is 2.13. The molecule has 1 aromatic heterocycles. The highest BCUT2D eigenvalue weighted by atomic mass is 35.5. The predicted octanol–water partition coefficient (Wildman–Crippen LogP) is 3.96. The van der Waals surface area contributed by atoms with Crippen LogP contribution in [0.5, 0.6) is 0 Å². The Balaban J connectivity index is 2.19. The summed E-state index contributed by atoms with van der Waals surface area (Å²) in [7, 11) is 0. The molecule has 0 saturated carbocycles. The van der Waals surface area contributed by atoms with Crippen LogP contribution in [0, 0.1) is 6.92 Å². The largest absolute Gasteiger partial charge is 0.355 e. The van der Waals surface area contributed by atoms with Gasteiger partial charge in [0.15, 0.2) is 5.16 Å². The Hall–Kier alpha value is -2.31. The summed E-state index contributed by atoms with van der Waals surface area (Å²) in [6, 6.07) is 12.7. The minimum absolute atomic E-state index is 0.0987. The van der Waals surface area contributed by atoms with Gasteiger partial charge in [-0.25, -0.2) is 4.98 Å². The van der Waals surface area contributed by atoms with Gasteiger partial charge in [-0.15, -0.1) is 0 Å². The topological polar surface area (TPSA) is 64.0 Å². The van der Waals surface area contributed by atoms with Gasteiger partial charge in [0.1, 0.15) is 0 Å². The van der Waals surface area contributed by atoms with Crippen LogP contribution < -0.4 is 10.9 Å². The number of amides is 1. The fourth-order valence-electron chi connectivity index (χ4n) is 2.67. The molecular formula is C20H20ClN3O2S. The number of hydrogen-bond donors (Lipinski definition) is 1. The van der Waals surface area contributed by atoms with Gasteiger partial charge in [0.25, 0.3) is 5.56 Å². The van der Waals surface area contributed by atoms with Gasteiger partial charge in [-0.1, -0.05) is 41.1 Å². The molecule has 7 heteroatoms. The van der Waals surface area contributed by atoms with Crippen molar-refractivity contribution in [2.75, 3.05) is 6.54 Å². The van der Waals surface area contributed by atoms with E-state index in [4.69, 9.17) is 11.6 Å². The summed E-state index contributed by atoms with van der Waals surface area (Å²) in [6.45, 7) is 6.20. The molecule has 3 rings (SSSR count). The number of fused-ring (bicyclic) bond motifs is 1. The molecule has 0 spiro atoms. The lowest BCUT2D eigenvalue weighted by Crippen LogP contribution is -2.31. The van der Waals surface area contributed by atoms with Gasteiger partial charge >= 0.3 is 0 Å². The van der Waals surface area contributed by atoms with Gasteiger partial charge < -0.3 is 5.32 Å². The van der Waals surface area contributed by atoms with E-state index in [1.54, 1.807) is 29.7 Å². The van der Waals surface area contributed by atoms with Crippen molar-refractivity contribution in [3.05, 3.63) is 63.4 Å². The van der Waals surface area contributed by atoms with Crippen LogP contribution in [0.2, 0.25) is 5.02 Å². The van der Waals surface area contributed by atoms with Gasteiger partial charge in [-0.2, -0.15) is 0 Å². The van der Waals surface area contributed by atoms with Crippen LogP contribution in [0.15, 0.2) is 52.4 Å². The van der Waals surface area contributed by atoms with E-state index in [0.717, 1.165) is 5.56 Å². The first-order chi connectivity index (χ1) is 12.9. The number of carbonyl (C=O) groups excluding carboxylic acids is 1. The molecular weight excluding hydrogens is 382 g/mol. The van der Waals surface area contributed by atoms with Crippen LogP contribution in [0.1, 0.15) is 19.4 Å². The number of thioether (sulfide) groups is 1. The third kappa shape index (κ3) is 4.17. The van der Waals surface area contributed by atoms with Gasteiger partial charge in [0, 0.05) is 11.6 Å². The minimum atomic E-state index is -0.398. The molecule has 1 amide bonds. The average Bonchev–Trinajstić information content (AvgIpc) is 2.63. The molecule has 27 heavy (non-hydrogen) atoms. The number of aryl methyl sites for hydroxylation is 1. The molecule has 0 saturated heterocycles. The van der Waals surface area contributed by atoms with Crippen molar-refractivity contribution in [1.29, 1.82) is 0 Å². The van der Waals surface area contributed by atoms with Crippen molar-refractivity contribution in [3.8, 4) is 5.69 Å². The second kappa shape index (κ2) is 8.15. The Bertz CT molecular complexity index is 1050. The molecule has 1 atom stereocenters. The van der Waals surface area contributed by atoms with Crippen LogP contribution in [-0.4, -0.2) is 27.3 Å². The number of rotatable bonds is 5. The van der Waals surface area contributed by atoms with E-state index in [0.29, 0.717) is 33.3 Å². The Labute approximate surface area is 166 Å². The summed E-state index contributed by atoms with van der Waals surface area (Å²) < 4.78 is 1.55. The molecule has 0 aliphatic rings. The van der Waals surface area contributed by atoms with E-state index < -0.39 is 5.25 Å². The highest BCUT2D eigenvalue weighted by Gasteiger charge is 2.20. The van der Waals surface area contributed by atoms with E-state index in [-0.39, 0.29) is 11.5 Å². The number of benzene rings is 2. The fourth-order valence-corrected chi connectivity index (χ4v) is 3.79. The Morgan fingerprint density at radius 2 is 1.96 bits per heavy atom. The summed E-state index contributed by atoms with van der Waals surface area (Å²) in [5, 5.41) is 3.85. The van der Waals surface area contributed by atoms with E-state index in [1.165, 1.54) is 11.8 Å². The quantitative estimate of drug-likeness (QED) is 0.519. The normalized spacial score (nSPS) is 12.1. The summed E-state index contributed by atoms with van der Waals surface area (Å²) in [4.78, 5) is 30.0. The highest BCUT2D eigenvalue weighted by molar-refractivity contribution is 8.00. The van der Waals surface area contributed by atoms with Crippen LogP contribution in [0.4, 0.5) is 0 Å². The SMILES string of the molecule is CCNC(=O)[C@@H](C)Sc1nc2cc(Cl)ccc2c(=O)n1-c1ccc(C)cc1. The van der Waals surface area contributed by atoms with Crippen molar-refractivity contribution in [1.82, 2.24) is 14.9 Å². The van der Waals surface area contributed by atoms with E-state index >= 15 is 0 Å². The molecule has 0 aliphatic heterocycles. The number of nitrogens with one attached hydrogen (secondary N) is 1. The molecule has 0 fully saturated rings. The van der Waals surface area contributed by atoms with Gasteiger partial charge in [0.2, 0.25) is 5.91 Å². The molecule has 1 N–H and O–H groups in total. The predicted molar refractivity (Wildman–Crippen MR) is 111 cm³/mol. The zero-order valence-corrected chi connectivity index (χ0v) is 16.9.